The van der Waals surface area contributed by atoms with Crippen molar-refractivity contribution in [3.8, 4) is 0 Å². The lowest BCUT2D eigenvalue weighted by atomic mass is 9.88. The average Bonchev–Trinajstić information content (AvgIpc) is 2.39. The molecule has 1 heterocycles. The number of hydrogen-bond donors (Lipinski definition) is 1. The van der Waals surface area contributed by atoms with Crippen molar-refractivity contribution < 1.29 is 0 Å². The van der Waals surface area contributed by atoms with E-state index in [0.29, 0.717) is 6.04 Å². The summed E-state index contributed by atoms with van der Waals surface area (Å²) in [6.07, 6.45) is 5.16. The number of aromatic nitrogens is 2. The monoisotopic (exact) mass is 239 g/mol. The van der Waals surface area contributed by atoms with E-state index in [1.165, 1.54) is 11.1 Å². The first-order valence-electron chi connectivity index (χ1n) is 6.44. The van der Waals surface area contributed by atoms with E-state index in [2.05, 4.69) is 39.6 Å². The minimum atomic E-state index is 0.446. The molecule has 2 aromatic rings. The smallest absolute Gasteiger partial charge is 0.223 e. The molecule has 0 fully saturated rings. The largest absolute Gasteiger partial charge is 0.351 e. The summed E-state index contributed by atoms with van der Waals surface area (Å²) in [4.78, 5) is 8.67. The highest BCUT2D eigenvalue weighted by Crippen LogP contribution is 2.22. The molecule has 0 saturated heterocycles. The van der Waals surface area contributed by atoms with E-state index in [9.17, 15) is 0 Å². The van der Waals surface area contributed by atoms with Gasteiger partial charge in [0.15, 0.2) is 0 Å². The summed E-state index contributed by atoms with van der Waals surface area (Å²) in [5.74, 6) is 0.749. The maximum absolute atomic E-state index is 4.40. The fourth-order valence-electron chi connectivity index (χ4n) is 2.52. The van der Waals surface area contributed by atoms with Crippen molar-refractivity contribution in [1.29, 1.82) is 0 Å². The second-order valence-corrected chi connectivity index (χ2v) is 4.87. The molecule has 0 amide bonds. The van der Waals surface area contributed by atoms with Crippen LogP contribution in [-0.2, 0) is 12.8 Å². The first kappa shape index (κ1) is 11.2. The van der Waals surface area contributed by atoms with Crippen LogP contribution in [0.1, 0.15) is 23.2 Å². The summed E-state index contributed by atoms with van der Waals surface area (Å²) in [7, 11) is 0. The van der Waals surface area contributed by atoms with Gasteiger partial charge in [-0.15, -0.1) is 0 Å². The van der Waals surface area contributed by atoms with Gasteiger partial charge in [-0.05, 0) is 43.4 Å². The van der Waals surface area contributed by atoms with E-state index in [0.717, 1.165) is 30.9 Å². The fraction of sp³-hybridized carbons (Fsp3) is 0.333. The van der Waals surface area contributed by atoms with Gasteiger partial charge < -0.3 is 5.32 Å². The summed E-state index contributed by atoms with van der Waals surface area (Å²) in [6.45, 7) is 1.99. The van der Waals surface area contributed by atoms with Crippen molar-refractivity contribution in [2.75, 3.05) is 5.32 Å². The van der Waals surface area contributed by atoms with Gasteiger partial charge in [-0.25, -0.2) is 9.97 Å². The molecule has 1 aliphatic carbocycles. The Labute approximate surface area is 107 Å². The van der Waals surface area contributed by atoms with Gasteiger partial charge in [-0.1, -0.05) is 24.3 Å². The van der Waals surface area contributed by atoms with Crippen LogP contribution in [0.25, 0.3) is 0 Å². The Balaban J connectivity index is 1.73. The first-order chi connectivity index (χ1) is 8.81. The van der Waals surface area contributed by atoms with Gasteiger partial charge in [0.2, 0.25) is 5.95 Å². The SMILES string of the molecule is Cc1ccnc(NC2CCc3ccccc3C2)n1. The van der Waals surface area contributed by atoms with Gasteiger partial charge in [0.25, 0.3) is 0 Å². The number of nitrogens with zero attached hydrogens (tertiary/aromatic N) is 2. The van der Waals surface area contributed by atoms with Gasteiger partial charge in [0.05, 0.1) is 0 Å². The second kappa shape index (κ2) is 4.77. The zero-order chi connectivity index (χ0) is 12.4. The number of aryl methyl sites for hydroxylation is 2. The van der Waals surface area contributed by atoms with Crippen molar-refractivity contribution in [2.45, 2.75) is 32.2 Å². The molecule has 3 nitrogen and oxygen atoms in total. The van der Waals surface area contributed by atoms with Crippen molar-refractivity contribution in [3.05, 3.63) is 53.3 Å². The lowest BCUT2D eigenvalue weighted by molar-refractivity contribution is 0.606. The van der Waals surface area contributed by atoms with Crippen LogP contribution in [0.4, 0.5) is 5.95 Å². The molecule has 0 aliphatic heterocycles. The van der Waals surface area contributed by atoms with Gasteiger partial charge in [-0.3, -0.25) is 0 Å². The molecule has 1 aliphatic rings. The average molecular weight is 239 g/mol. The molecule has 1 aromatic carbocycles. The van der Waals surface area contributed by atoms with Gasteiger partial charge in [0.1, 0.15) is 0 Å². The van der Waals surface area contributed by atoms with Crippen molar-refractivity contribution in [2.24, 2.45) is 0 Å². The lowest BCUT2D eigenvalue weighted by Crippen LogP contribution is -2.28. The fourth-order valence-corrected chi connectivity index (χ4v) is 2.52. The minimum absolute atomic E-state index is 0.446. The number of rotatable bonds is 2. The number of nitrogens with one attached hydrogen (secondary N) is 1. The Kier molecular flexibility index (Phi) is 2.97. The highest BCUT2D eigenvalue weighted by molar-refractivity contribution is 5.34. The highest BCUT2D eigenvalue weighted by Gasteiger charge is 2.18. The van der Waals surface area contributed by atoms with Crippen LogP contribution >= 0.6 is 0 Å². The highest BCUT2D eigenvalue weighted by atomic mass is 15.1. The normalized spacial score (nSPS) is 18.2. The first-order valence-corrected chi connectivity index (χ1v) is 6.44. The van der Waals surface area contributed by atoms with Crippen LogP contribution in [0.5, 0.6) is 0 Å². The van der Waals surface area contributed by atoms with Crippen LogP contribution in [0.3, 0.4) is 0 Å². The van der Waals surface area contributed by atoms with Crippen molar-refractivity contribution in [1.82, 2.24) is 9.97 Å². The molecular weight excluding hydrogens is 222 g/mol. The predicted octanol–water partition coefficient (Wildman–Crippen LogP) is 2.75. The predicted molar refractivity (Wildman–Crippen MR) is 72.6 cm³/mol. The molecule has 3 rings (SSSR count). The molecule has 3 heteroatoms. The van der Waals surface area contributed by atoms with E-state index < -0.39 is 0 Å². The summed E-state index contributed by atoms with van der Waals surface area (Å²) in [5, 5.41) is 3.44. The third kappa shape index (κ3) is 2.35. The van der Waals surface area contributed by atoms with Crippen molar-refractivity contribution >= 4 is 5.95 Å². The number of hydrogen-bond acceptors (Lipinski definition) is 3. The molecular formula is C15H17N3. The topological polar surface area (TPSA) is 37.8 Å². The van der Waals surface area contributed by atoms with E-state index >= 15 is 0 Å². The van der Waals surface area contributed by atoms with Gasteiger partial charge in [0, 0.05) is 17.9 Å². The van der Waals surface area contributed by atoms with Crippen LogP contribution in [-0.4, -0.2) is 16.0 Å². The zero-order valence-electron chi connectivity index (χ0n) is 10.6. The molecule has 0 spiro atoms. The van der Waals surface area contributed by atoms with Gasteiger partial charge >= 0.3 is 0 Å². The molecule has 1 N–H and O–H groups in total. The maximum Gasteiger partial charge on any atom is 0.223 e. The Morgan fingerprint density at radius 1 is 1.17 bits per heavy atom. The summed E-state index contributed by atoms with van der Waals surface area (Å²) < 4.78 is 0. The third-order valence-corrected chi connectivity index (χ3v) is 3.47. The molecule has 0 bridgehead atoms. The van der Waals surface area contributed by atoms with E-state index in [1.807, 2.05) is 13.0 Å². The molecule has 1 aromatic heterocycles. The number of benzene rings is 1. The molecule has 0 radical (unpaired) electrons. The summed E-state index contributed by atoms with van der Waals surface area (Å²) >= 11 is 0. The Morgan fingerprint density at radius 3 is 2.83 bits per heavy atom. The quantitative estimate of drug-likeness (QED) is 0.875. The summed E-state index contributed by atoms with van der Waals surface area (Å²) in [5.41, 5.74) is 3.94. The molecule has 1 unspecified atom stereocenters. The number of anilines is 1. The molecule has 92 valence electrons. The van der Waals surface area contributed by atoms with Gasteiger partial charge in [-0.2, -0.15) is 0 Å². The minimum Gasteiger partial charge on any atom is -0.351 e. The number of fused-ring (bicyclic) bond motifs is 1. The Morgan fingerprint density at radius 2 is 2.00 bits per heavy atom. The van der Waals surface area contributed by atoms with Crippen LogP contribution < -0.4 is 5.32 Å². The van der Waals surface area contributed by atoms with Crippen molar-refractivity contribution in [3.63, 3.8) is 0 Å². The zero-order valence-corrected chi connectivity index (χ0v) is 10.6. The Bertz CT molecular complexity index is 551. The molecule has 0 saturated carbocycles. The van der Waals surface area contributed by atoms with E-state index in [1.54, 1.807) is 6.20 Å². The lowest BCUT2D eigenvalue weighted by Gasteiger charge is -2.25. The molecule has 1 atom stereocenters. The summed E-state index contributed by atoms with van der Waals surface area (Å²) in [6, 6.07) is 11.1. The van der Waals surface area contributed by atoms with Crippen LogP contribution in [0.2, 0.25) is 0 Å². The second-order valence-electron chi connectivity index (χ2n) is 4.87. The van der Waals surface area contributed by atoms with Crippen LogP contribution in [0.15, 0.2) is 36.5 Å². The van der Waals surface area contributed by atoms with Crippen LogP contribution in [0, 0.1) is 6.92 Å². The standard InChI is InChI=1S/C15H17N3/c1-11-8-9-16-15(17-11)18-14-7-6-12-4-2-3-5-13(12)10-14/h2-5,8-9,14H,6-7,10H2,1H3,(H,16,17,18). The molecule has 18 heavy (non-hydrogen) atoms. The van der Waals surface area contributed by atoms with E-state index in [-0.39, 0.29) is 0 Å². The maximum atomic E-state index is 4.40. The third-order valence-electron chi connectivity index (χ3n) is 3.47. The Hall–Kier alpha value is -1.90. The van der Waals surface area contributed by atoms with E-state index in [4.69, 9.17) is 0 Å².